The third kappa shape index (κ3) is 2.66. The van der Waals surface area contributed by atoms with Gasteiger partial charge in [-0.2, -0.15) is 8.42 Å². The smallest absolute Gasteiger partial charge is 0.292 e. The molecule has 0 bridgehead atoms. The van der Waals surface area contributed by atoms with E-state index in [2.05, 4.69) is 0 Å². The van der Waals surface area contributed by atoms with E-state index in [0.29, 0.717) is 0 Å². The fourth-order valence-corrected chi connectivity index (χ4v) is 0. The van der Waals surface area contributed by atoms with Gasteiger partial charge in [-0.3, -0.25) is 4.55 Å². The highest BCUT2D eigenvalue weighted by atomic mass is 33.2. The minimum absolute atomic E-state index is 3.38. The fraction of sp³-hybridized carbons (Fsp3) is 0. The highest BCUT2D eigenvalue weighted by Gasteiger charge is 2.13. The zero-order chi connectivity index (χ0) is 6.08. The first-order valence-corrected chi connectivity index (χ1v) is 4.01. The lowest BCUT2D eigenvalue weighted by Crippen LogP contribution is -1.97. The summed E-state index contributed by atoms with van der Waals surface area (Å²) in [5.74, 6) is 0. The van der Waals surface area contributed by atoms with Crippen LogP contribution in [-0.4, -0.2) is 17.2 Å². The molecule has 7 heteroatoms. The standard InChI is InChI=1S/FHO4S2/c1-7(4,5)6(2)3/h(H,2,3). The van der Waals surface area contributed by atoms with Crippen molar-refractivity contribution in [3.63, 3.8) is 0 Å². The predicted molar refractivity (Wildman–Crippen MR) is 20.8 cm³/mol. The molecular formula is HFO4S2. The Hall–Kier alpha value is -0.0100. The first-order valence-electron chi connectivity index (χ1n) is 1.00. The van der Waals surface area contributed by atoms with Crippen LogP contribution < -0.4 is 0 Å². The molecule has 0 spiro atoms. The second kappa shape index (κ2) is 1.85. The minimum Gasteiger partial charge on any atom is -0.292 e. The topological polar surface area (TPSA) is 71.4 Å². The molecule has 0 aliphatic carbocycles. The molecule has 7 heavy (non-hydrogen) atoms. The number of halogens is 1. The molecule has 0 aliphatic rings. The normalized spacial score (nSPS) is 16.3. The molecule has 0 saturated heterocycles. The van der Waals surface area contributed by atoms with Crippen LogP contribution in [0.25, 0.3) is 0 Å². The lowest BCUT2D eigenvalue weighted by Gasteiger charge is -1.76. The molecular weight excluding hydrogens is 147 g/mol. The van der Waals surface area contributed by atoms with Crippen molar-refractivity contribution in [3.05, 3.63) is 0 Å². The average Bonchev–Trinajstić information content (AvgIpc) is 1.31. The molecule has 1 atom stereocenters. The lowest BCUT2D eigenvalue weighted by molar-refractivity contribution is 0.540. The van der Waals surface area contributed by atoms with Crippen molar-refractivity contribution < 1.29 is 21.1 Å². The summed E-state index contributed by atoms with van der Waals surface area (Å²) < 4.78 is 45.7. The Kier molecular flexibility index (Phi) is 1.84. The Morgan fingerprint density at radius 1 is 1.57 bits per heavy atom. The summed E-state index contributed by atoms with van der Waals surface area (Å²) in [4.78, 5) is 0. The number of hydrogen-bond acceptors (Lipinski definition) is 3. The van der Waals surface area contributed by atoms with Crippen LogP contribution in [0.5, 0.6) is 0 Å². The molecule has 0 radical (unpaired) electrons. The quantitative estimate of drug-likeness (QED) is 0.307. The summed E-state index contributed by atoms with van der Waals surface area (Å²) in [5.41, 5.74) is 0. The number of hydrogen-bond donors (Lipinski definition) is 1. The summed E-state index contributed by atoms with van der Waals surface area (Å²) >= 11 is 0. The molecule has 44 valence electrons. The van der Waals surface area contributed by atoms with Gasteiger partial charge in [-0.05, 0) is 0 Å². The van der Waals surface area contributed by atoms with Crippen molar-refractivity contribution in [1.82, 2.24) is 0 Å². The predicted octanol–water partition coefficient (Wildman–Crippen LogP) is -0.578. The first kappa shape index (κ1) is 6.99. The molecule has 0 fully saturated rings. The van der Waals surface area contributed by atoms with E-state index in [-0.39, 0.29) is 0 Å². The Morgan fingerprint density at radius 3 is 1.71 bits per heavy atom. The molecule has 1 N–H and O–H groups in total. The summed E-state index contributed by atoms with van der Waals surface area (Å²) in [7, 11) is -8.59. The summed E-state index contributed by atoms with van der Waals surface area (Å²) in [6, 6.07) is 0. The van der Waals surface area contributed by atoms with E-state index < -0.39 is 19.4 Å². The zero-order valence-corrected chi connectivity index (χ0v) is 4.50. The molecule has 0 saturated carbocycles. The fourth-order valence-electron chi connectivity index (χ4n) is 0. The van der Waals surface area contributed by atoms with Gasteiger partial charge in [0.05, 0.1) is 0 Å². The zero-order valence-electron chi connectivity index (χ0n) is 2.87. The van der Waals surface area contributed by atoms with E-state index in [0.717, 1.165) is 0 Å². The van der Waals surface area contributed by atoms with Gasteiger partial charge in [0.15, 0.2) is 0 Å². The second-order valence-electron chi connectivity index (χ2n) is 0.610. The number of rotatable bonds is 1. The van der Waals surface area contributed by atoms with E-state index >= 15 is 0 Å². The molecule has 1 unspecified atom stereocenters. The van der Waals surface area contributed by atoms with Crippen LogP contribution in [0.4, 0.5) is 3.89 Å². The highest BCUT2D eigenvalue weighted by Crippen LogP contribution is 1.92. The first-order chi connectivity index (χ1) is 2.94. The monoisotopic (exact) mass is 148 g/mol. The third-order valence-corrected chi connectivity index (χ3v) is 1.53. The van der Waals surface area contributed by atoms with E-state index in [1.54, 1.807) is 0 Å². The van der Waals surface area contributed by atoms with Gasteiger partial charge < -0.3 is 0 Å². The molecule has 0 aromatic heterocycles. The van der Waals surface area contributed by atoms with Crippen molar-refractivity contribution in [2.75, 3.05) is 0 Å². The van der Waals surface area contributed by atoms with Gasteiger partial charge in [0.25, 0.3) is 0 Å². The van der Waals surface area contributed by atoms with Crippen LogP contribution in [0.2, 0.25) is 0 Å². The second-order valence-corrected chi connectivity index (χ2v) is 3.88. The maximum atomic E-state index is 10.9. The average molecular weight is 148 g/mol. The Balaban J connectivity index is 4.43. The Morgan fingerprint density at radius 2 is 1.71 bits per heavy atom. The summed E-state index contributed by atoms with van der Waals surface area (Å²) in [6.07, 6.45) is 0. The molecule has 0 heterocycles. The van der Waals surface area contributed by atoms with Crippen molar-refractivity contribution in [2.24, 2.45) is 0 Å². The van der Waals surface area contributed by atoms with Gasteiger partial charge >= 0.3 is 19.4 Å². The van der Waals surface area contributed by atoms with E-state index in [4.69, 9.17) is 17.2 Å². The van der Waals surface area contributed by atoms with Crippen molar-refractivity contribution in [3.8, 4) is 0 Å². The molecule has 0 aromatic rings. The van der Waals surface area contributed by atoms with Gasteiger partial charge in [-0.25, -0.2) is 4.21 Å². The summed E-state index contributed by atoms with van der Waals surface area (Å²) in [5, 5.41) is 0. The SMILES string of the molecule is O=S(O)S(=O)(=O)F. The lowest BCUT2D eigenvalue weighted by atomic mass is 15.9. The van der Waals surface area contributed by atoms with Crippen LogP contribution in [0.15, 0.2) is 0 Å². The van der Waals surface area contributed by atoms with Crippen LogP contribution >= 0.6 is 0 Å². The molecule has 0 aromatic carbocycles. The van der Waals surface area contributed by atoms with Crippen LogP contribution in [-0.2, 0) is 19.4 Å². The van der Waals surface area contributed by atoms with Gasteiger partial charge in [0, 0.05) is 0 Å². The van der Waals surface area contributed by atoms with Gasteiger partial charge in [-0.1, -0.05) is 3.89 Å². The molecule has 0 amide bonds. The highest BCUT2D eigenvalue weighted by molar-refractivity contribution is 8.59. The molecule has 0 aliphatic heterocycles. The van der Waals surface area contributed by atoms with Gasteiger partial charge in [0.2, 0.25) is 0 Å². The van der Waals surface area contributed by atoms with Crippen molar-refractivity contribution in [2.45, 2.75) is 0 Å². The third-order valence-electron chi connectivity index (χ3n) is 0.170. The van der Waals surface area contributed by atoms with Gasteiger partial charge in [0.1, 0.15) is 0 Å². The Bertz CT molecular complexity index is 164. The maximum Gasteiger partial charge on any atom is 0.411 e. The maximum absolute atomic E-state index is 10.9. The van der Waals surface area contributed by atoms with Gasteiger partial charge in [-0.15, -0.1) is 0 Å². The van der Waals surface area contributed by atoms with E-state index in [1.807, 2.05) is 0 Å². The van der Waals surface area contributed by atoms with E-state index in [1.165, 1.54) is 0 Å². The van der Waals surface area contributed by atoms with Crippen molar-refractivity contribution >= 4 is 19.4 Å². The molecule has 0 rings (SSSR count). The van der Waals surface area contributed by atoms with Crippen LogP contribution in [0, 0.1) is 0 Å². The minimum atomic E-state index is -5.21. The van der Waals surface area contributed by atoms with Crippen LogP contribution in [0.3, 0.4) is 0 Å². The van der Waals surface area contributed by atoms with E-state index in [9.17, 15) is 3.89 Å². The summed E-state index contributed by atoms with van der Waals surface area (Å²) in [6.45, 7) is 0. The van der Waals surface area contributed by atoms with Crippen molar-refractivity contribution in [1.29, 1.82) is 0 Å². The molecule has 4 nitrogen and oxygen atoms in total. The largest absolute Gasteiger partial charge is 0.411 e. The van der Waals surface area contributed by atoms with Crippen LogP contribution in [0.1, 0.15) is 0 Å². The Labute approximate surface area is 41.2 Å².